The molecule has 2 N–H and O–H groups in total. The lowest BCUT2D eigenvalue weighted by molar-refractivity contribution is 0.557. The van der Waals surface area contributed by atoms with Gasteiger partial charge in [-0.15, -0.1) is 0 Å². The molecule has 0 atom stereocenters. The van der Waals surface area contributed by atoms with Gasteiger partial charge in [0.2, 0.25) is 0 Å². The van der Waals surface area contributed by atoms with Gasteiger partial charge in [0, 0.05) is 30.2 Å². The molecule has 0 radical (unpaired) electrons. The Morgan fingerprint density at radius 3 is 2.32 bits per heavy atom. The predicted octanol–water partition coefficient (Wildman–Crippen LogP) is 3.36. The van der Waals surface area contributed by atoms with Gasteiger partial charge in [-0.1, -0.05) is 26.7 Å². The maximum atomic E-state index is 11.2. The molecule has 2 heterocycles. The number of rotatable bonds is 8. The van der Waals surface area contributed by atoms with E-state index >= 15 is 0 Å². The standard InChI is InChI=1S/C18H30N4O2S/c1-12(2)18-21-15-16(13(3)14(4)20-17(15)19)22(18)10-8-6-7-9-11-25(5,23)24/h12H,6-11H2,1-5H3,(H2,19,20). The van der Waals surface area contributed by atoms with Crippen LogP contribution in [0.5, 0.6) is 0 Å². The van der Waals surface area contributed by atoms with E-state index in [1.807, 2.05) is 6.92 Å². The van der Waals surface area contributed by atoms with Crippen molar-refractivity contribution >= 4 is 26.7 Å². The number of nitrogens with two attached hydrogens (primary N) is 1. The number of unbranched alkanes of at least 4 members (excludes halogenated alkanes) is 3. The molecule has 25 heavy (non-hydrogen) atoms. The minimum absolute atomic E-state index is 0.277. The van der Waals surface area contributed by atoms with Crippen molar-refractivity contribution in [3.63, 3.8) is 0 Å². The van der Waals surface area contributed by atoms with Crippen LogP contribution in [0.1, 0.15) is 62.5 Å². The number of anilines is 1. The number of nitrogens with zero attached hydrogens (tertiary/aromatic N) is 3. The van der Waals surface area contributed by atoms with Crippen LogP contribution >= 0.6 is 0 Å². The van der Waals surface area contributed by atoms with Gasteiger partial charge in [-0.05, 0) is 32.3 Å². The van der Waals surface area contributed by atoms with Gasteiger partial charge in [-0.2, -0.15) is 0 Å². The quantitative estimate of drug-likeness (QED) is 0.723. The van der Waals surface area contributed by atoms with Crippen molar-refractivity contribution in [3.05, 3.63) is 17.1 Å². The van der Waals surface area contributed by atoms with E-state index in [0.717, 1.165) is 60.3 Å². The van der Waals surface area contributed by atoms with Crippen molar-refractivity contribution < 1.29 is 8.42 Å². The lowest BCUT2D eigenvalue weighted by Crippen LogP contribution is -2.07. The summed E-state index contributed by atoms with van der Waals surface area (Å²) in [5, 5.41) is 0. The molecule has 6 nitrogen and oxygen atoms in total. The molecule has 0 aliphatic heterocycles. The molecule has 0 bridgehead atoms. The third-order valence-corrected chi connectivity index (χ3v) is 5.62. The summed E-state index contributed by atoms with van der Waals surface area (Å²) in [4.78, 5) is 9.16. The van der Waals surface area contributed by atoms with Crippen LogP contribution in [0.3, 0.4) is 0 Å². The van der Waals surface area contributed by atoms with Crippen LogP contribution in [0.25, 0.3) is 11.0 Å². The summed E-state index contributed by atoms with van der Waals surface area (Å²) < 4.78 is 24.7. The van der Waals surface area contributed by atoms with Gasteiger partial charge < -0.3 is 10.3 Å². The Bertz CT molecular complexity index is 854. The van der Waals surface area contributed by atoms with Crippen molar-refractivity contribution in [1.82, 2.24) is 14.5 Å². The molecule has 2 aromatic heterocycles. The molecule has 0 saturated carbocycles. The Balaban J connectivity index is 2.17. The Morgan fingerprint density at radius 1 is 1.08 bits per heavy atom. The maximum Gasteiger partial charge on any atom is 0.151 e. The highest BCUT2D eigenvalue weighted by Crippen LogP contribution is 2.29. The number of pyridine rings is 1. The number of aryl methyl sites for hydroxylation is 3. The molecular formula is C18H30N4O2S. The summed E-state index contributed by atoms with van der Waals surface area (Å²) in [5.41, 5.74) is 10.0. The number of sulfone groups is 1. The number of hydrogen-bond acceptors (Lipinski definition) is 5. The largest absolute Gasteiger partial charge is 0.382 e. The average molecular weight is 367 g/mol. The molecule has 140 valence electrons. The Morgan fingerprint density at radius 2 is 1.72 bits per heavy atom. The highest BCUT2D eigenvalue weighted by molar-refractivity contribution is 7.90. The fourth-order valence-electron chi connectivity index (χ4n) is 3.17. The third-order valence-electron chi connectivity index (χ3n) is 4.59. The van der Waals surface area contributed by atoms with Gasteiger partial charge in [-0.3, -0.25) is 0 Å². The molecule has 0 fully saturated rings. The van der Waals surface area contributed by atoms with Crippen LogP contribution in [0.2, 0.25) is 0 Å². The first kappa shape index (κ1) is 19.7. The smallest absolute Gasteiger partial charge is 0.151 e. The highest BCUT2D eigenvalue weighted by atomic mass is 32.2. The molecule has 2 aromatic rings. The minimum Gasteiger partial charge on any atom is -0.382 e. The first-order valence-corrected chi connectivity index (χ1v) is 11.0. The van der Waals surface area contributed by atoms with Crippen LogP contribution < -0.4 is 5.73 Å². The van der Waals surface area contributed by atoms with Crippen molar-refractivity contribution in [3.8, 4) is 0 Å². The SMILES string of the molecule is Cc1nc(N)c2nc(C(C)C)n(CCCCCCS(C)(=O)=O)c2c1C. The first-order chi connectivity index (χ1) is 11.6. The van der Waals surface area contributed by atoms with E-state index in [1.165, 1.54) is 6.26 Å². The lowest BCUT2D eigenvalue weighted by Gasteiger charge is -2.13. The summed E-state index contributed by atoms with van der Waals surface area (Å²) in [7, 11) is -2.85. The van der Waals surface area contributed by atoms with Gasteiger partial charge in [0.15, 0.2) is 5.82 Å². The number of fused-ring (bicyclic) bond motifs is 1. The van der Waals surface area contributed by atoms with E-state index < -0.39 is 9.84 Å². The third kappa shape index (κ3) is 4.71. The molecule has 7 heteroatoms. The van der Waals surface area contributed by atoms with Crippen LogP contribution in [-0.2, 0) is 16.4 Å². The van der Waals surface area contributed by atoms with E-state index in [9.17, 15) is 8.42 Å². The van der Waals surface area contributed by atoms with Crippen molar-refractivity contribution in [1.29, 1.82) is 0 Å². The zero-order valence-corrected chi connectivity index (χ0v) is 16.8. The monoisotopic (exact) mass is 366 g/mol. The molecule has 0 aliphatic carbocycles. The van der Waals surface area contributed by atoms with Gasteiger partial charge in [0.1, 0.15) is 21.2 Å². The second-order valence-corrected chi connectivity index (χ2v) is 9.48. The van der Waals surface area contributed by atoms with Gasteiger partial charge in [0.25, 0.3) is 0 Å². The normalized spacial score (nSPS) is 12.4. The van der Waals surface area contributed by atoms with Crippen molar-refractivity contribution in [2.75, 3.05) is 17.7 Å². The lowest BCUT2D eigenvalue weighted by atomic mass is 10.1. The number of hydrogen-bond donors (Lipinski definition) is 1. The fraction of sp³-hybridized carbons (Fsp3) is 0.667. The minimum atomic E-state index is -2.85. The topological polar surface area (TPSA) is 90.9 Å². The molecule has 0 spiro atoms. The van der Waals surface area contributed by atoms with E-state index in [4.69, 9.17) is 10.7 Å². The highest BCUT2D eigenvalue weighted by Gasteiger charge is 2.19. The predicted molar refractivity (Wildman–Crippen MR) is 104 cm³/mol. The summed E-state index contributed by atoms with van der Waals surface area (Å²) in [5.74, 6) is 2.11. The van der Waals surface area contributed by atoms with Gasteiger partial charge >= 0.3 is 0 Å². The molecule has 0 aliphatic rings. The molecule has 0 aromatic carbocycles. The fourth-order valence-corrected chi connectivity index (χ4v) is 3.90. The van der Waals surface area contributed by atoms with Crippen LogP contribution in [0, 0.1) is 13.8 Å². The number of imidazole rings is 1. The zero-order chi connectivity index (χ0) is 18.8. The van der Waals surface area contributed by atoms with Crippen LogP contribution in [0.15, 0.2) is 0 Å². The summed E-state index contributed by atoms with van der Waals surface area (Å²) in [6, 6.07) is 0. The van der Waals surface area contributed by atoms with Gasteiger partial charge in [0.05, 0.1) is 5.52 Å². The van der Waals surface area contributed by atoms with Crippen molar-refractivity contribution in [2.24, 2.45) is 0 Å². The van der Waals surface area contributed by atoms with E-state index in [2.05, 4.69) is 30.3 Å². The average Bonchev–Trinajstić information content (AvgIpc) is 2.88. The molecule has 0 saturated heterocycles. The summed E-state index contributed by atoms with van der Waals surface area (Å²) >= 11 is 0. The Hall–Kier alpha value is -1.63. The summed E-state index contributed by atoms with van der Waals surface area (Å²) in [6.07, 6.45) is 4.96. The molecule has 0 amide bonds. The van der Waals surface area contributed by atoms with Crippen LogP contribution in [-0.4, -0.2) is 35.0 Å². The second-order valence-electron chi connectivity index (χ2n) is 7.23. The molecule has 2 rings (SSSR count). The molecular weight excluding hydrogens is 336 g/mol. The van der Waals surface area contributed by atoms with E-state index in [1.54, 1.807) is 0 Å². The van der Waals surface area contributed by atoms with Crippen molar-refractivity contribution in [2.45, 2.75) is 65.8 Å². The molecule has 0 unspecified atom stereocenters. The Kier molecular flexibility index (Phi) is 6.08. The van der Waals surface area contributed by atoms with E-state index in [0.29, 0.717) is 11.7 Å². The number of nitrogen functional groups attached to an aromatic ring is 1. The maximum absolute atomic E-state index is 11.2. The first-order valence-electron chi connectivity index (χ1n) is 8.92. The Labute approximate surface area is 150 Å². The second kappa shape index (κ2) is 7.72. The van der Waals surface area contributed by atoms with E-state index in [-0.39, 0.29) is 5.75 Å². The van der Waals surface area contributed by atoms with Crippen LogP contribution in [0.4, 0.5) is 5.82 Å². The zero-order valence-electron chi connectivity index (χ0n) is 16.0. The summed E-state index contributed by atoms with van der Waals surface area (Å²) in [6.45, 7) is 9.18. The van der Waals surface area contributed by atoms with Gasteiger partial charge in [-0.25, -0.2) is 18.4 Å². The number of aromatic nitrogens is 3.